The largest absolute Gasteiger partial charge is 0.444 e. The normalized spacial score (nSPS) is 10.9. The van der Waals surface area contributed by atoms with E-state index in [-0.39, 0.29) is 11.7 Å². The minimum Gasteiger partial charge on any atom is -0.444 e. The smallest absolute Gasteiger partial charge is 0.291 e. The molecule has 0 spiro atoms. The summed E-state index contributed by atoms with van der Waals surface area (Å²) in [5.74, 6) is 0.356. The zero-order valence-electron chi connectivity index (χ0n) is 12.2. The van der Waals surface area contributed by atoms with E-state index in [2.05, 4.69) is 31.2 Å². The summed E-state index contributed by atoms with van der Waals surface area (Å²) in [5, 5.41) is 2.78. The van der Waals surface area contributed by atoms with E-state index < -0.39 is 0 Å². The topological polar surface area (TPSA) is 81.2 Å². The van der Waals surface area contributed by atoms with Gasteiger partial charge in [-0.05, 0) is 46.3 Å². The first-order valence-electron chi connectivity index (χ1n) is 7.07. The van der Waals surface area contributed by atoms with Crippen molar-refractivity contribution in [2.24, 2.45) is 0 Å². The fourth-order valence-electron chi connectivity index (χ4n) is 2.26. The maximum atomic E-state index is 12.1. The predicted molar refractivity (Wildman–Crippen MR) is 91.6 cm³/mol. The van der Waals surface area contributed by atoms with Crippen molar-refractivity contribution in [2.45, 2.75) is 0 Å². The second kappa shape index (κ2) is 5.93. The van der Waals surface area contributed by atoms with Crippen molar-refractivity contribution >= 4 is 38.6 Å². The van der Waals surface area contributed by atoms with E-state index in [4.69, 9.17) is 8.83 Å². The number of amides is 1. The highest BCUT2D eigenvalue weighted by Crippen LogP contribution is 2.26. The predicted octanol–water partition coefficient (Wildman–Crippen LogP) is 4.50. The van der Waals surface area contributed by atoms with Gasteiger partial charge in [0.25, 0.3) is 5.91 Å². The zero-order valence-corrected chi connectivity index (χ0v) is 13.8. The molecule has 0 fully saturated rings. The van der Waals surface area contributed by atoms with Gasteiger partial charge in [0.1, 0.15) is 5.52 Å². The lowest BCUT2D eigenvalue weighted by Gasteiger charge is -2.04. The highest BCUT2D eigenvalue weighted by Gasteiger charge is 2.12. The van der Waals surface area contributed by atoms with Crippen LogP contribution in [-0.2, 0) is 0 Å². The molecule has 1 aromatic carbocycles. The molecular formula is C17H10BrN3O3. The van der Waals surface area contributed by atoms with E-state index in [1.165, 1.54) is 0 Å². The molecule has 4 aromatic rings. The third kappa shape index (κ3) is 2.81. The molecule has 0 saturated heterocycles. The number of benzene rings is 1. The minimum absolute atomic E-state index is 0.222. The number of aromatic nitrogens is 2. The van der Waals surface area contributed by atoms with Crippen LogP contribution in [0.4, 0.5) is 5.69 Å². The van der Waals surface area contributed by atoms with Gasteiger partial charge in [-0.2, -0.15) is 0 Å². The van der Waals surface area contributed by atoms with Gasteiger partial charge in [0.2, 0.25) is 5.89 Å². The number of fused-ring (bicyclic) bond motifs is 1. The Labute approximate surface area is 144 Å². The Kier molecular flexibility index (Phi) is 3.62. The second-order valence-electron chi connectivity index (χ2n) is 5.00. The molecule has 0 unspecified atom stereocenters. The molecule has 0 aliphatic heterocycles. The molecule has 0 saturated carbocycles. The summed E-state index contributed by atoms with van der Waals surface area (Å²) in [5.41, 5.74) is 2.72. The van der Waals surface area contributed by atoms with Gasteiger partial charge in [0.05, 0.1) is 6.20 Å². The lowest BCUT2D eigenvalue weighted by Crippen LogP contribution is -2.10. The molecular weight excluding hydrogens is 374 g/mol. The number of pyridine rings is 1. The van der Waals surface area contributed by atoms with Crippen LogP contribution in [-0.4, -0.2) is 15.9 Å². The van der Waals surface area contributed by atoms with E-state index >= 15 is 0 Å². The molecule has 0 atom stereocenters. The third-order valence-electron chi connectivity index (χ3n) is 3.35. The number of oxazole rings is 1. The van der Waals surface area contributed by atoms with Gasteiger partial charge in [0, 0.05) is 23.5 Å². The molecule has 0 aliphatic carbocycles. The first-order chi connectivity index (χ1) is 11.7. The summed E-state index contributed by atoms with van der Waals surface area (Å²) in [7, 11) is 0. The molecule has 0 radical (unpaired) electrons. The second-order valence-corrected chi connectivity index (χ2v) is 5.78. The van der Waals surface area contributed by atoms with Crippen molar-refractivity contribution < 1.29 is 13.6 Å². The number of halogens is 1. The number of carbonyl (C=O) groups excluding carboxylic acids is 1. The maximum Gasteiger partial charge on any atom is 0.291 e. The van der Waals surface area contributed by atoms with Crippen molar-refractivity contribution in [1.29, 1.82) is 0 Å². The number of carbonyl (C=O) groups is 1. The van der Waals surface area contributed by atoms with Crippen molar-refractivity contribution in [3.05, 3.63) is 65.3 Å². The first-order valence-corrected chi connectivity index (χ1v) is 7.86. The van der Waals surface area contributed by atoms with Crippen molar-refractivity contribution in [1.82, 2.24) is 9.97 Å². The fraction of sp³-hybridized carbons (Fsp3) is 0. The van der Waals surface area contributed by atoms with Crippen LogP contribution in [0, 0.1) is 0 Å². The molecule has 0 aliphatic rings. The van der Waals surface area contributed by atoms with Crippen LogP contribution in [0.15, 0.2) is 68.4 Å². The molecule has 4 rings (SSSR count). The number of hydrogen-bond acceptors (Lipinski definition) is 5. The number of nitrogens with one attached hydrogen (secondary N) is 1. The average molecular weight is 384 g/mol. The Morgan fingerprint density at radius 2 is 2.04 bits per heavy atom. The molecule has 118 valence electrons. The van der Waals surface area contributed by atoms with Crippen LogP contribution in [0.2, 0.25) is 0 Å². The van der Waals surface area contributed by atoms with Crippen molar-refractivity contribution in [2.75, 3.05) is 5.32 Å². The highest BCUT2D eigenvalue weighted by molar-refractivity contribution is 9.10. The quantitative estimate of drug-likeness (QED) is 0.563. The van der Waals surface area contributed by atoms with Gasteiger partial charge >= 0.3 is 0 Å². The van der Waals surface area contributed by atoms with E-state index in [0.29, 0.717) is 27.3 Å². The lowest BCUT2D eigenvalue weighted by atomic mass is 10.2. The van der Waals surface area contributed by atoms with Gasteiger partial charge in [-0.25, -0.2) is 4.98 Å². The van der Waals surface area contributed by atoms with E-state index in [0.717, 1.165) is 5.56 Å². The fourth-order valence-corrected chi connectivity index (χ4v) is 2.57. The Balaban J connectivity index is 1.62. The molecule has 7 heteroatoms. The number of anilines is 1. The van der Waals surface area contributed by atoms with Gasteiger partial charge in [-0.3, -0.25) is 9.78 Å². The highest BCUT2D eigenvalue weighted by atomic mass is 79.9. The maximum absolute atomic E-state index is 12.1. The van der Waals surface area contributed by atoms with Crippen LogP contribution in [0.1, 0.15) is 10.6 Å². The summed E-state index contributed by atoms with van der Waals surface area (Å²) in [6.07, 6.45) is 3.29. The molecule has 3 aromatic heterocycles. The Morgan fingerprint density at radius 3 is 2.83 bits per heavy atom. The number of hydrogen-bond donors (Lipinski definition) is 1. The SMILES string of the molecule is O=C(Nc1cccc(-c2nc3cnccc3o2)c1)c1ccc(Br)o1. The number of rotatable bonds is 3. The molecule has 1 amide bonds. The first kappa shape index (κ1) is 14.6. The molecule has 24 heavy (non-hydrogen) atoms. The molecule has 3 heterocycles. The van der Waals surface area contributed by atoms with Crippen LogP contribution in [0.25, 0.3) is 22.6 Å². The number of nitrogens with zero attached hydrogens (tertiary/aromatic N) is 2. The minimum atomic E-state index is -0.334. The van der Waals surface area contributed by atoms with E-state index in [1.54, 1.807) is 42.7 Å². The van der Waals surface area contributed by atoms with Crippen molar-refractivity contribution in [3.8, 4) is 11.5 Å². The van der Waals surface area contributed by atoms with Gasteiger partial charge < -0.3 is 14.2 Å². The summed E-state index contributed by atoms with van der Waals surface area (Å²) in [6.45, 7) is 0. The summed E-state index contributed by atoms with van der Waals surface area (Å²) in [6, 6.07) is 12.3. The van der Waals surface area contributed by atoms with Crippen molar-refractivity contribution in [3.63, 3.8) is 0 Å². The van der Waals surface area contributed by atoms with Gasteiger partial charge in [0.15, 0.2) is 16.0 Å². The lowest BCUT2D eigenvalue weighted by molar-refractivity contribution is 0.0995. The van der Waals surface area contributed by atoms with Crippen LogP contribution in [0.5, 0.6) is 0 Å². The van der Waals surface area contributed by atoms with Gasteiger partial charge in [-0.15, -0.1) is 0 Å². The summed E-state index contributed by atoms with van der Waals surface area (Å²) in [4.78, 5) is 20.6. The molecule has 6 nitrogen and oxygen atoms in total. The molecule has 0 bridgehead atoms. The van der Waals surface area contributed by atoms with Crippen LogP contribution >= 0.6 is 15.9 Å². The van der Waals surface area contributed by atoms with Crippen LogP contribution in [0.3, 0.4) is 0 Å². The molecule has 1 N–H and O–H groups in total. The average Bonchev–Trinajstić information content (AvgIpc) is 3.21. The Morgan fingerprint density at radius 1 is 1.12 bits per heavy atom. The summed E-state index contributed by atoms with van der Waals surface area (Å²) < 4.78 is 11.5. The van der Waals surface area contributed by atoms with Gasteiger partial charge in [-0.1, -0.05) is 6.07 Å². The standard InChI is InChI=1S/C17H10BrN3O3/c18-15-5-4-14(23-15)16(22)20-11-3-1-2-10(8-11)17-21-12-9-19-7-6-13(12)24-17/h1-9H,(H,20,22). The van der Waals surface area contributed by atoms with Crippen LogP contribution < -0.4 is 5.32 Å². The summed E-state index contributed by atoms with van der Waals surface area (Å²) >= 11 is 3.17. The Hall–Kier alpha value is -2.93. The zero-order chi connectivity index (χ0) is 16.5. The van der Waals surface area contributed by atoms with E-state index in [9.17, 15) is 4.79 Å². The number of furan rings is 1. The Bertz CT molecular complexity index is 1010. The van der Waals surface area contributed by atoms with E-state index in [1.807, 2.05) is 12.1 Å². The monoisotopic (exact) mass is 383 g/mol. The third-order valence-corrected chi connectivity index (χ3v) is 3.78.